The van der Waals surface area contributed by atoms with Crippen molar-refractivity contribution in [2.45, 2.75) is 11.4 Å². The Bertz CT molecular complexity index is 211. The molecule has 0 bridgehead atoms. The number of aromatic nitrogens is 1. The third-order valence-electron chi connectivity index (χ3n) is 0.954. The summed E-state index contributed by atoms with van der Waals surface area (Å²) in [6.07, 6.45) is 0. The highest BCUT2D eigenvalue weighted by atomic mass is 35.5. The molecule has 1 aromatic rings. The van der Waals surface area contributed by atoms with E-state index in [0.717, 1.165) is 0 Å². The molecule has 5 heteroatoms. The van der Waals surface area contributed by atoms with E-state index in [4.69, 9.17) is 28.3 Å². The lowest BCUT2D eigenvalue weighted by atomic mass is 10.4. The normalized spacial score (nSPS) is 10.8. The van der Waals surface area contributed by atoms with Crippen molar-refractivity contribution in [3.63, 3.8) is 0 Å². The van der Waals surface area contributed by atoms with Crippen LogP contribution in [-0.4, -0.2) is 10.3 Å². The first-order valence-electron chi connectivity index (χ1n) is 2.58. The SMILES string of the molecule is OCc1cc(C(Cl)Cl)on1. The molecule has 0 fully saturated rings. The molecule has 0 atom stereocenters. The fraction of sp³-hybridized carbons (Fsp3) is 0.400. The molecule has 1 rings (SSSR count). The minimum atomic E-state index is -0.715. The van der Waals surface area contributed by atoms with E-state index in [0.29, 0.717) is 11.5 Å². The van der Waals surface area contributed by atoms with E-state index in [1.54, 1.807) is 0 Å². The maximum Gasteiger partial charge on any atom is 0.169 e. The monoisotopic (exact) mass is 181 g/mol. The maximum absolute atomic E-state index is 8.52. The Morgan fingerprint density at radius 2 is 2.40 bits per heavy atom. The van der Waals surface area contributed by atoms with Crippen LogP contribution in [0.3, 0.4) is 0 Å². The fourth-order valence-corrected chi connectivity index (χ4v) is 0.711. The van der Waals surface area contributed by atoms with Gasteiger partial charge in [-0.25, -0.2) is 0 Å². The lowest BCUT2D eigenvalue weighted by Crippen LogP contribution is -1.78. The first kappa shape index (κ1) is 7.85. The van der Waals surface area contributed by atoms with Crippen molar-refractivity contribution in [3.05, 3.63) is 17.5 Å². The van der Waals surface area contributed by atoms with E-state index in [-0.39, 0.29) is 6.61 Å². The predicted molar refractivity (Wildman–Crippen MR) is 36.9 cm³/mol. The van der Waals surface area contributed by atoms with Gasteiger partial charge in [0.05, 0.1) is 6.61 Å². The van der Waals surface area contributed by atoms with E-state index in [1.807, 2.05) is 0 Å². The smallest absolute Gasteiger partial charge is 0.169 e. The van der Waals surface area contributed by atoms with Crippen LogP contribution < -0.4 is 0 Å². The molecule has 0 amide bonds. The highest BCUT2D eigenvalue weighted by molar-refractivity contribution is 6.43. The van der Waals surface area contributed by atoms with Gasteiger partial charge >= 0.3 is 0 Å². The summed E-state index contributed by atoms with van der Waals surface area (Å²) >= 11 is 10.8. The van der Waals surface area contributed by atoms with Crippen LogP contribution >= 0.6 is 23.2 Å². The Labute approximate surface area is 67.5 Å². The average molecular weight is 182 g/mol. The van der Waals surface area contributed by atoms with Crippen molar-refractivity contribution in [2.24, 2.45) is 0 Å². The molecular formula is C5H5Cl2NO2. The van der Waals surface area contributed by atoms with Crippen LogP contribution in [0.2, 0.25) is 0 Å². The van der Waals surface area contributed by atoms with Crippen molar-refractivity contribution in [3.8, 4) is 0 Å². The predicted octanol–water partition coefficient (Wildman–Crippen LogP) is 1.64. The summed E-state index contributed by atoms with van der Waals surface area (Å²) in [5.74, 6) is 0.354. The zero-order valence-corrected chi connectivity index (χ0v) is 6.43. The van der Waals surface area contributed by atoms with Crippen LogP contribution in [0, 0.1) is 0 Å². The van der Waals surface area contributed by atoms with Gasteiger partial charge in [-0.05, 0) is 0 Å². The van der Waals surface area contributed by atoms with Gasteiger partial charge in [0.15, 0.2) is 10.6 Å². The molecule has 1 aromatic heterocycles. The van der Waals surface area contributed by atoms with E-state index in [1.165, 1.54) is 6.07 Å². The van der Waals surface area contributed by atoms with Gasteiger partial charge in [0.1, 0.15) is 5.69 Å². The van der Waals surface area contributed by atoms with Gasteiger partial charge in [0.2, 0.25) is 0 Å². The molecule has 0 saturated heterocycles. The van der Waals surface area contributed by atoms with E-state index in [2.05, 4.69) is 9.68 Å². The number of aliphatic hydroxyl groups excluding tert-OH is 1. The average Bonchev–Trinajstić information content (AvgIpc) is 2.34. The number of nitrogens with zero attached hydrogens (tertiary/aromatic N) is 1. The largest absolute Gasteiger partial charge is 0.390 e. The Morgan fingerprint density at radius 1 is 1.70 bits per heavy atom. The zero-order chi connectivity index (χ0) is 7.56. The molecule has 10 heavy (non-hydrogen) atoms. The number of halogens is 2. The van der Waals surface area contributed by atoms with Crippen molar-refractivity contribution < 1.29 is 9.63 Å². The van der Waals surface area contributed by atoms with Gasteiger partial charge < -0.3 is 9.63 Å². The summed E-state index contributed by atoms with van der Waals surface area (Å²) in [6, 6.07) is 1.50. The van der Waals surface area contributed by atoms with E-state index < -0.39 is 4.84 Å². The Kier molecular flexibility index (Phi) is 2.54. The second-order valence-corrected chi connectivity index (χ2v) is 2.78. The molecule has 3 nitrogen and oxygen atoms in total. The van der Waals surface area contributed by atoms with Crippen LogP contribution in [-0.2, 0) is 6.61 Å². The fourth-order valence-electron chi connectivity index (χ4n) is 0.506. The lowest BCUT2D eigenvalue weighted by Gasteiger charge is -1.87. The van der Waals surface area contributed by atoms with Crippen molar-refractivity contribution in [1.82, 2.24) is 5.16 Å². The Morgan fingerprint density at radius 3 is 2.70 bits per heavy atom. The van der Waals surface area contributed by atoms with Crippen molar-refractivity contribution in [1.29, 1.82) is 0 Å². The molecule has 0 aliphatic heterocycles. The molecule has 0 unspecified atom stereocenters. The van der Waals surface area contributed by atoms with Gasteiger partial charge in [-0.1, -0.05) is 28.4 Å². The molecule has 1 heterocycles. The van der Waals surface area contributed by atoms with E-state index >= 15 is 0 Å². The summed E-state index contributed by atoms with van der Waals surface area (Å²) in [7, 11) is 0. The third kappa shape index (κ3) is 1.62. The van der Waals surface area contributed by atoms with Crippen LogP contribution in [0.4, 0.5) is 0 Å². The van der Waals surface area contributed by atoms with Gasteiger partial charge in [-0.2, -0.15) is 0 Å². The van der Waals surface area contributed by atoms with Gasteiger partial charge in [0.25, 0.3) is 0 Å². The van der Waals surface area contributed by atoms with Gasteiger partial charge in [0, 0.05) is 6.07 Å². The van der Waals surface area contributed by atoms with Crippen molar-refractivity contribution >= 4 is 23.2 Å². The number of rotatable bonds is 2. The lowest BCUT2D eigenvalue weighted by molar-refractivity contribution is 0.265. The minimum Gasteiger partial charge on any atom is -0.390 e. The van der Waals surface area contributed by atoms with Crippen LogP contribution in [0.1, 0.15) is 16.3 Å². The third-order valence-corrected chi connectivity index (χ3v) is 1.38. The number of aliphatic hydroxyl groups is 1. The van der Waals surface area contributed by atoms with E-state index in [9.17, 15) is 0 Å². The van der Waals surface area contributed by atoms with Gasteiger partial charge in [-0.15, -0.1) is 0 Å². The number of hydrogen-bond donors (Lipinski definition) is 1. The van der Waals surface area contributed by atoms with Crippen LogP contribution in [0.25, 0.3) is 0 Å². The summed E-state index contributed by atoms with van der Waals surface area (Å²) < 4.78 is 4.64. The highest BCUT2D eigenvalue weighted by Crippen LogP contribution is 2.24. The first-order valence-corrected chi connectivity index (χ1v) is 3.46. The quantitative estimate of drug-likeness (QED) is 0.707. The van der Waals surface area contributed by atoms with Crippen LogP contribution in [0.5, 0.6) is 0 Å². The molecule has 0 spiro atoms. The number of alkyl halides is 2. The first-order chi connectivity index (χ1) is 4.74. The second kappa shape index (κ2) is 3.23. The molecule has 1 N–H and O–H groups in total. The Hall–Kier alpha value is -0.250. The summed E-state index contributed by atoms with van der Waals surface area (Å²) in [6.45, 7) is -0.163. The molecule has 56 valence electrons. The second-order valence-electron chi connectivity index (χ2n) is 1.68. The van der Waals surface area contributed by atoms with Gasteiger partial charge in [-0.3, -0.25) is 0 Å². The summed E-state index contributed by atoms with van der Waals surface area (Å²) in [5.41, 5.74) is 0.432. The maximum atomic E-state index is 8.52. The standard InChI is InChI=1S/C5H5Cl2NO2/c6-5(7)4-1-3(2-9)8-10-4/h1,5,9H,2H2. The minimum absolute atomic E-state index is 0.163. The molecule has 0 radical (unpaired) electrons. The Balaban J connectivity index is 2.78. The molecule has 0 aliphatic carbocycles. The van der Waals surface area contributed by atoms with Crippen LogP contribution in [0.15, 0.2) is 10.6 Å². The summed E-state index contributed by atoms with van der Waals surface area (Å²) in [5, 5.41) is 12.0. The zero-order valence-electron chi connectivity index (χ0n) is 4.92. The topological polar surface area (TPSA) is 46.3 Å². The molecule has 0 aliphatic rings. The van der Waals surface area contributed by atoms with Crippen molar-refractivity contribution in [2.75, 3.05) is 0 Å². The molecule has 0 aromatic carbocycles. The molecular weight excluding hydrogens is 177 g/mol. The molecule has 0 saturated carbocycles. The summed E-state index contributed by atoms with van der Waals surface area (Å²) in [4.78, 5) is -0.715. The highest BCUT2D eigenvalue weighted by Gasteiger charge is 2.09. The number of hydrogen-bond acceptors (Lipinski definition) is 3.